The molecule has 0 radical (unpaired) electrons. The van der Waals surface area contributed by atoms with Crippen LogP contribution in [0.2, 0.25) is 0 Å². The Bertz CT molecular complexity index is 736. The quantitative estimate of drug-likeness (QED) is 0.126. The second kappa shape index (κ2) is 24.7. The molecule has 0 aliphatic heterocycles. The molecule has 38 heavy (non-hydrogen) atoms. The summed E-state index contributed by atoms with van der Waals surface area (Å²) >= 11 is 0. The maximum absolute atomic E-state index is 12.5. The van der Waals surface area contributed by atoms with Crippen LogP contribution in [-0.4, -0.2) is 74.1 Å². The van der Waals surface area contributed by atoms with Crippen LogP contribution in [0.3, 0.4) is 0 Å². The van der Waals surface area contributed by atoms with Crippen LogP contribution in [0.1, 0.15) is 110 Å². The van der Waals surface area contributed by atoms with E-state index in [0.717, 1.165) is 12.8 Å². The fourth-order valence-electron chi connectivity index (χ4n) is 4.30. The van der Waals surface area contributed by atoms with E-state index in [1.807, 2.05) is 0 Å². The van der Waals surface area contributed by atoms with Gasteiger partial charge in [0.2, 0.25) is 0 Å². The van der Waals surface area contributed by atoms with E-state index >= 15 is 0 Å². The van der Waals surface area contributed by atoms with Gasteiger partial charge in [-0.25, -0.2) is 18.4 Å². The zero-order valence-electron chi connectivity index (χ0n) is 23.9. The van der Waals surface area contributed by atoms with E-state index < -0.39 is 15.9 Å². The van der Waals surface area contributed by atoms with Crippen molar-refractivity contribution in [2.45, 2.75) is 116 Å². The molecule has 0 aliphatic rings. The van der Waals surface area contributed by atoms with Gasteiger partial charge in [-0.15, -0.1) is 0 Å². The SMILES string of the molecule is CCCCCCCCCCCCCCCCCCOCC(CS(=O)(=O)CCOCCO)Oc1ncccn1. The van der Waals surface area contributed by atoms with E-state index in [1.54, 1.807) is 18.5 Å². The van der Waals surface area contributed by atoms with Gasteiger partial charge in [-0.2, -0.15) is 0 Å². The van der Waals surface area contributed by atoms with Crippen LogP contribution in [0.5, 0.6) is 6.01 Å². The summed E-state index contributed by atoms with van der Waals surface area (Å²) in [6.07, 6.45) is 23.5. The zero-order valence-corrected chi connectivity index (χ0v) is 24.7. The van der Waals surface area contributed by atoms with Gasteiger partial charge in [0.1, 0.15) is 6.10 Å². The highest BCUT2D eigenvalue weighted by Gasteiger charge is 2.22. The Morgan fingerprint density at radius 1 is 0.737 bits per heavy atom. The third-order valence-corrected chi connectivity index (χ3v) is 8.14. The normalized spacial score (nSPS) is 12.6. The van der Waals surface area contributed by atoms with E-state index in [9.17, 15) is 8.42 Å². The Morgan fingerprint density at radius 2 is 1.26 bits per heavy atom. The van der Waals surface area contributed by atoms with Crippen LogP contribution < -0.4 is 4.74 Å². The van der Waals surface area contributed by atoms with Gasteiger partial charge < -0.3 is 19.3 Å². The Hall–Kier alpha value is -1.29. The average Bonchev–Trinajstić information content (AvgIpc) is 2.91. The molecule has 1 N–H and O–H groups in total. The van der Waals surface area contributed by atoms with Gasteiger partial charge in [-0.05, 0) is 12.5 Å². The predicted molar refractivity (Wildman–Crippen MR) is 153 cm³/mol. The Balaban J connectivity index is 2.09. The van der Waals surface area contributed by atoms with Gasteiger partial charge >= 0.3 is 6.01 Å². The number of sulfone groups is 1. The summed E-state index contributed by atoms with van der Waals surface area (Å²) in [5.74, 6) is -0.339. The third kappa shape index (κ3) is 21.6. The number of aliphatic hydroxyl groups is 1. The molecule has 0 aliphatic carbocycles. The summed E-state index contributed by atoms with van der Waals surface area (Å²) < 4.78 is 41.5. The number of nitrogens with zero attached hydrogens (tertiary/aromatic N) is 2. The van der Waals surface area contributed by atoms with Gasteiger partial charge in [-0.3, -0.25) is 0 Å². The molecule has 222 valence electrons. The van der Waals surface area contributed by atoms with Crippen molar-refractivity contribution >= 4 is 9.84 Å². The average molecular weight is 559 g/mol. The molecule has 1 rings (SSSR count). The van der Waals surface area contributed by atoms with E-state index in [4.69, 9.17) is 19.3 Å². The number of aliphatic hydroxyl groups excluding tert-OH is 1. The number of aromatic nitrogens is 2. The second-order valence-corrected chi connectivity index (χ2v) is 12.3. The lowest BCUT2D eigenvalue weighted by molar-refractivity contribution is 0.0533. The molecule has 0 spiro atoms. The van der Waals surface area contributed by atoms with Gasteiger partial charge in [0.15, 0.2) is 9.84 Å². The molecule has 0 bridgehead atoms. The highest BCUT2D eigenvalue weighted by Crippen LogP contribution is 2.14. The van der Waals surface area contributed by atoms with Crippen molar-refractivity contribution in [3.05, 3.63) is 18.5 Å². The summed E-state index contributed by atoms with van der Waals surface area (Å²) in [4.78, 5) is 8.06. The smallest absolute Gasteiger partial charge is 0.316 e. The number of rotatable bonds is 28. The number of ether oxygens (including phenoxy) is 3. The van der Waals surface area contributed by atoms with E-state index in [2.05, 4.69) is 16.9 Å². The molecule has 1 aromatic heterocycles. The van der Waals surface area contributed by atoms with Crippen LogP contribution in [0.4, 0.5) is 0 Å². The Kier molecular flexibility index (Phi) is 22.6. The first-order valence-electron chi connectivity index (χ1n) is 15.0. The molecular formula is C29H54N2O6S. The van der Waals surface area contributed by atoms with Crippen LogP contribution in [0.15, 0.2) is 18.5 Å². The molecule has 1 unspecified atom stereocenters. The first kappa shape index (κ1) is 34.7. The van der Waals surface area contributed by atoms with E-state index in [1.165, 1.54) is 89.9 Å². The molecule has 9 heteroatoms. The minimum atomic E-state index is -3.42. The fraction of sp³-hybridized carbons (Fsp3) is 0.862. The lowest BCUT2D eigenvalue weighted by Gasteiger charge is -2.18. The number of hydrogen-bond acceptors (Lipinski definition) is 8. The van der Waals surface area contributed by atoms with Crippen molar-refractivity contribution in [3.8, 4) is 6.01 Å². The minimum absolute atomic E-state index is 0.0392. The Labute approximate surface area is 232 Å². The molecule has 0 aromatic carbocycles. The second-order valence-electron chi connectivity index (χ2n) is 10.1. The molecule has 0 saturated carbocycles. The van der Waals surface area contributed by atoms with Crippen molar-refractivity contribution in [2.75, 3.05) is 44.5 Å². The summed E-state index contributed by atoms with van der Waals surface area (Å²) in [5.41, 5.74) is 0. The first-order valence-corrected chi connectivity index (χ1v) is 16.8. The summed E-state index contributed by atoms with van der Waals surface area (Å²) in [6, 6.07) is 1.81. The molecule has 8 nitrogen and oxygen atoms in total. The lowest BCUT2D eigenvalue weighted by atomic mass is 10.0. The van der Waals surface area contributed by atoms with Gasteiger partial charge in [0, 0.05) is 19.0 Å². The highest BCUT2D eigenvalue weighted by molar-refractivity contribution is 7.91. The molecule has 1 aromatic rings. The zero-order chi connectivity index (χ0) is 27.6. The molecular weight excluding hydrogens is 504 g/mol. The van der Waals surface area contributed by atoms with Gasteiger partial charge in [0.25, 0.3) is 0 Å². The van der Waals surface area contributed by atoms with Crippen LogP contribution >= 0.6 is 0 Å². The predicted octanol–water partition coefficient (Wildman–Crippen LogP) is 5.93. The molecule has 0 fully saturated rings. The van der Waals surface area contributed by atoms with Gasteiger partial charge in [-0.1, -0.05) is 103 Å². The molecule has 0 amide bonds. The van der Waals surface area contributed by atoms with Crippen LogP contribution in [0.25, 0.3) is 0 Å². The molecule has 1 atom stereocenters. The summed E-state index contributed by atoms with van der Waals surface area (Å²) in [6.45, 7) is 3.03. The minimum Gasteiger partial charge on any atom is -0.457 e. The topological polar surface area (TPSA) is 108 Å². The van der Waals surface area contributed by atoms with Crippen molar-refractivity contribution < 1.29 is 27.7 Å². The third-order valence-electron chi connectivity index (χ3n) is 6.47. The Morgan fingerprint density at radius 3 is 1.79 bits per heavy atom. The lowest BCUT2D eigenvalue weighted by Crippen LogP contribution is -2.34. The highest BCUT2D eigenvalue weighted by atomic mass is 32.2. The standard InChI is InChI=1S/C29H54N2O6S/c1-2-3-4-5-6-7-8-9-10-11-12-13-14-15-16-17-22-36-26-28(37-29-30-19-18-20-31-29)27-38(33,34)25-24-35-23-21-32/h18-20,28,32H,2-17,21-27H2,1H3. The fourth-order valence-corrected chi connectivity index (χ4v) is 5.57. The first-order chi connectivity index (χ1) is 18.6. The summed E-state index contributed by atoms with van der Waals surface area (Å²) in [7, 11) is -3.42. The van der Waals surface area contributed by atoms with Crippen molar-refractivity contribution in [1.82, 2.24) is 9.97 Å². The van der Waals surface area contributed by atoms with Gasteiger partial charge in [0.05, 0.1) is 37.9 Å². The van der Waals surface area contributed by atoms with Crippen molar-refractivity contribution in [3.63, 3.8) is 0 Å². The van der Waals surface area contributed by atoms with E-state index in [-0.39, 0.29) is 43.9 Å². The molecule has 1 heterocycles. The van der Waals surface area contributed by atoms with Crippen LogP contribution in [-0.2, 0) is 19.3 Å². The van der Waals surface area contributed by atoms with E-state index in [0.29, 0.717) is 6.61 Å². The molecule has 0 saturated heterocycles. The monoisotopic (exact) mass is 558 g/mol. The number of hydrogen-bond donors (Lipinski definition) is 1. The number of unbranched alkanes of at least 4 members (excludes halogenated alkanes) is 15. The maximum atomic E-state index is 12.5. The largest absolute Gasteiger partial charge is 0.457 e. The van der Waals surface area contributed by atoms with Crippen LogP contribution in [0, 0.1) is 0 Å². The summed E-state index contributed by atoms with van der Waals surface area (Å²) in [5, 5.41) is 8.76. The van der Waals surface area contributed by atoms with Crippen molar-refractivity contribution in [2.24, 2.45) is 0 Å². The van der Waals surface area contributed by atoms with Crippen molar-refractivity contribution in [1.29, 1.82) is 0 Å². The maximum Gasteiger partial charge on any atom is 0.316 e.